The second kappa shape index (κ2) is 7.33. The SMILES string of the molecule is Cc1ccc(S(=O)(=O)Nc2ccc3c(c2)OCO3)cc1C(=O)N1CCOCC1. The minimum Gasteiger partial charge on any atom is -0.454 e. The number of carbonyl (C=O) groups is 1. The van der Waals surface area contributed by atoms with Gasteiger partial charge in [-0.15, -0.1) is 0 Å². The van der Waals surface area contributed by atoms with Gasteiger partial charge in [-0.25, -0.2) is 8.42 Å². The highest BCUT2D eigenvalue weighted by Gasteiger charge is 2.23. The van der Waals surface area contributed by atoms with Gasteiger partial charge < -0.3 is 19.1 Å². The van der Waals surface area contributed by atoms with Crippen molar-refractivity contribution < 1.29 is 27.4 Å². The number of morpholine rings is 1. The predicted molar refractivity (Wildman–Crippen MR) is 101 cm³/mol. The molecule has 0 radical (unpaired) electrons. The second-order valence-corrected chi connectivity index (χ2v) is 8.24. The molecule has 2 aliphatic rings. The number of nitrogens with zero attached hydrogens (tertiary/aromatic N) is 1. The van der Waals surface area contributed by atoms with E-state index in [2.05, 4.69) is 4.72 Å². The van der Waals surface area contributed by atoms with Crippen molar-refractivity contribution in [3.8, 4) is 11.5 Å². The lowest BCUT2D eigenvalue weighted by Gasteiger charge is -2.27. The van der Waals surface area contributed by atoms with Gasteiger partial charge in [0.2, 0.25) is 6.79 Å². The maximum atomic E-state index is 12.8. The molecule has 148 valence electrons. The molecule has 0 aromatic heterocycles. The molecule has 9 heteroatoms. The van der Waals surface area contributed by atoms with E-state index >= 15 is 0 Å². The standard InChI is InChI=1S/C19H20N2O6S/c1-13-2-4-15(11-16(13)19(22)21-6-8-25-9-7-21)28(23,24)20-14-3-5-17-18(10-14)27-12-26-17/h2-5,10-11,20H,6-9,12H2,1H3. The van der Waals surface area contributed by atoms with Gasteiger partial charge in [-0.3, -0.25) is 9.52 Å². The predicted octanol–water partition coefficient (Wildman–Crippen LogP) is 2.00. The molecule has 0 aliphatic carbocycles. The van der Waals surface area contributed by atoms with Crippen molar-refractivity contribution in [2.24, 2.45) is 0 Å². The summed E-state index contributed by atoms with van der Waals surface area (Å²) in [5.41, 5.74) is 1.44. The van der Waals surface area contributed by atoms with Crippen LogP contribution in [-0.2, 0) is 14.8 Å². The van der Waals surface area contributed by atoms with E-state index in [9.17, 15) is 13.2 Å². The first-order valence-electron chi connectivity index (χ1n) is 8.84. The first kappa shape index (κ1) is 18.6. The maximum absolute atomic E-state index is 12.8. The number of amides is 1. The molecular weight excluding hydrogens is 384 g/mol. The zero-order valence-corrected chi connectivity index (χ0v) is 16.1. The van der Waals surface area contributed by atoms with Crippen LogP contribution in [0.4, 0.5) is 5.69 Å². The molecule has 0 unspecified atom stereocenters. The van der Waals surface area contributed by atoms with Crippen LogP contribution in [0, 0.1) is 6.92 Å². The Morgan fingerprint density at radius 3 is 2.57 bits per heavy atom. The Kier molecular flexibility index (Phi) is 4.86. The zero-order valence-electron chi connectivity index (χ0n) is 15.3. The van der Waals surface area contributed by atoms with Crippen LogP contribution in [0.5, 0.6) is 11.5 Å². The van der Waals surface area contributed by atoms with E-state index in [1.54, 1.807) is 36.1 Å². The highest BCUT2D eigenvalue weighted by molar-refractivity contribution is 7.92. The Bertz CT molecular complexity index is 1020. The smallest absolute Gasteiger partial charge is 0.261 e. The molecule has 1 N–H and O–H groups in total. The summed E-state index contributed by atoms with van der Waals surface area (Å²) in [6.45, 7) is 3.84. The minimum atomic E-state index is -3.88. The first-order valence-corrected chi connectivity index (χ1v) is 10.3. The van der Waals surface area contributed by atoms with E-state index in [-0.39, 0.29) is 17.6 Å². The fourth-order valence-corrected chi connectivity index (χ4v) is 4.18. The lowest BCUT2D eigenvalue weighted by molar-refractivity contribution is 0.0302. The first-order chi connectivity index (χ1) is 13.4. The van der Waals surface area contributed by atoms with Gasteiger partial charge in [0.05, 0.1) is 23.8 Å². The molecule has 2 aromatic rings. The summed E-state index contributed by atoms with van der Waals surface area (Å²) >= 11 is 0. The highest BCUT2D eigenvalue weighted by Crippen LogP contribution is 2.35. The monoisotopic (exact) mass is 404 g/mol. The molecule has 0 bridgehead atoms. The van der Waals surface area contributed by atoms with E-state index in [0.717, 1.165) is 5.56 Å². The third kappa shape index (κ3) is 3.63. The molecule has 8 nitrogen and oxygen atoms in total. The summed E-state index contributed by atoms with van der Waals surface area (Å²) in [6, 6.07) is 9.35. The van der Waals surface area contributed by atoms with Gasteiger partial charge in [0, 0.05) is 24.7 Å². The summed E-state index contributed by atoms with van der Waals surface area (Å²) < 4.78 is 44.0. The average molecular weight is 404 g/mol. The van der Waals surface area contributed by atoms with Gasteiger partial charge in [-0.05, 0) is 36.8 Å². The van der Waals surface area contributed by atoms with E-state index < -0.39 is 10.0 Å². The van der Waals surface area contributed by atoms with Gasteiger partial charge in [0.15, 0.2) is 11.5 Å². The number of rotatable bonds is 4. The van der Waals surface area contributed by atoms with E-state index in [1.807, 2.05) is 0 Å². The zero-order chi connectivity index (χ0) is 19.7. The van der Waals surface area contributed by atoms with Gasteiger partial charge in [0.1, 0.15) is 0 Å². The number of benzene rings is 2. The number of nitrogens with one attached hydrogen (secondary N) is 1. The van der Waals surface area contributed by atoms with Crippen molar-refractivity contribution in [2.45, 2.75) is 11.8 Å². The minimum absolute atomic E-state index is 0.0207. The molecule has 28 heavy (non-hydrogen) atoms. The fraction of sp³-hybridized carbons (Fsp3) is 0.316. The Morgan fingerprint density at radius 1 is 1.04 bits per heavy atom. The van der Waals surface area contributed by atoms with Crippen LogP contribution in [0.2, 0.25) is 0 Å². The summed E-state index contributed by atoms with van der Waals surface area (Å²) in [4.78, 5) is 14.5. The molecule has 2 aliphatic heterocycles. The van der Waals surface area contributed by atoms with Crippen molar-refractivity contribution in [2.75, 3.05) is 37.8 Å². The topological polar surface area (TPSA) is 94.2 Å². The molecule has 1 amide bonds. The number of hydrogen-bond acceptors (Lipinski definition) is 6. The van der Waals surface area contributed by atoms with Crippen LogP contribution in [0.3, 0.4) is 0 Å². The normalized spacial score (nSPS) is 16.1. The van der Waals surface area contributed by atoms with Gasteiger partial charge >= 0.3 is 0 Å². The van der Waals surface area contributed by atoms with Crippen LogP contribution in [0.25, 0.3) is 0 Å². The number of fused-ring (bicyclic) bond motifs is 1. The Balaban J connectivity index is 1.60. The molecule has 0 atom stereocenters. The number of sulfonamides is 1. The summed E-state index contributed by atoms with van der Waals surface area (Å²) in [5.74, 6) is 0.852. The van der Waals surface area contributed by atoms with E-state index in [4.69, 9.17) is 14.2 Å². The van der Waals surface area contributed by atoms with Crippen LogP contribution in [-0.4, -0.2) is 52.3 Å². The van der Waals surface area contributed by atoms with Crippen LogP contribution >= 0.6 is 0 Å². The lowest BCUT2D eigenvalue weighted by Crippen LogP contribution is -2.41. The summed E-state index contributed by atoms with van der Waals surface area (Å²) in [6.07, 6.45) is 0. The van der Waals surface area contributed by atoms with Crippen LogP contribution in [0.1, 0.15) is 15.9 Å². The highest BCUT2D eigenvalue weighted by atomic mass is 32.2. The van der Waals surface area contributed by atoms with Gasteiger partial charge in [0.25, 0.3) is 15.9 Å². The Morgan fingerprint density at radius 2 is 1.79 bits per heavy atom. The summed E-state index contributed by atoms with van der Waals surface area (Å²) in [5, 5.41) is 0. The van der Waals surface area contributed by atoms with E-state index in [1.165, 1.54) is 12.1 Å². The number of anilines is 1. The second-order valence-electron chi connectivity index (χ2n) is 6.55. The third-order valence-corrected chi connectivity index (χ3v) is 6.05. The Hall–Kier alpha value is -2.78. The molecule has 2 aromatic carbocycles. The molecule has 2 heterocycles. The fourth-order valence-electron chi connectivity index (χ4n) is 3.11. The molecule has 0 saturated carbocycles. The third-order valence-electron chi connectivity index (χ3n) is 4.67. The van der Waals surface area contributed by atoms with Crippen molar-refractivity contribution in [3.63, 3.8) is 0 Å². The lowest BCUT2D eigenvalue weighted by atomic mass is 10.1. The molecule has 1 fully saturated rings. The van der Waals surface area contributed by atoms with Crippen LogP contribution < -0.4 is 14.2 Å². The quantitative estimate of drug-likeness (QED) is 0.838. The average Bonchev–Trinajstić information content (AvgIpc) is 3.16. The maximum Gasteiger partial charge on any atom is 0.261 e. The van der Waals surface area contributed by atoms with Gasteiger partial charge in [-0.2, -0.15) is 0 Å². The molecule has 0 spiro atoms. The van der Waals surface area contributed by atoms with Crippen molar-refractivity contribution >= 4 is 21.6 Å². The summed E-state index contributed by atoms with van der Waals surface area (Å²) in [7, 11) is -3.88. The number of aryl methyl sites for hydroxylation is 1. The van der Waals surface area contributed by atoms with Gasteiger partial charge in [-0.1, -0.05) is 6.07 Å². The van der Waals surface area contributed by atoms with Crippen molar-refractivity contribution in [3.05, 3.63) is 47.5 Å². The molecular formula is C19H20N2O6S. The molecule has 4 rings (SSSR count). The largest absolute Gasteiger partial charge is 0.454 e. The Labute approximate surface area is 163 Å². The van der Waals surface area contributed by atoms with Crippen molar-refractivity contribution in [1.82, 2.24) is 4.90 Å². The van der Waals surface area contributed by atoms with Crippen LogP contribution in [0.15, 0.2) is 41.3 Å². The van der Waals surface area contributed by atoms with Crippen molar-refractivity contribution in [1.29, 1.82) is 0 Å². The number of hydrogen-bond donors (Lipinski definition) is 1. The molecule has 1 saturated heterocycles. The van der Waals surface area contributed by atoms with E-state index in [0.29, 0.717) is 49.1 Å². The number of carbonyl (C=O) groups excluding carboxylic acids is 1. The number of ether oxygens (including phenoxy) is 3.